The number of carbonyl (C=O) groups excluding carboxylic acids is 1. The molecule has 34 heavy (non-hydrogen) atoms. The molecule has 178 valence electrons. The van der Waals surface area contributed by atoms with E-state index in [9.17, 15) is 13.2 Å². The van der Waals surface area contributed by atoms with Gasteiger partial charge in [0.05, 0.1) is 24.5 Å². The lowest BCUT2D eigenvalue weighted by atomic mass is 10.2. The maximum atomic E-state index is 13.3. The second-order valence-electron chi connectivity index (χ2n) is 7.90. The molecule has 4 rings (SSSR count). The number of benzene rings is 3. The number of nitrogens with one attached hydrogen (secondary N) is 1. The van der Waals surface area contributed by atoms with Crippen LogP contribution in [0, 0.1) is 6.92 Å². The minimum Gasteiger partial charge on any atom is -0.492 e. The summed E-state index contributed by atoms with van der Waals surface area (Å²) in [5.74, 6) is 0.352. The van der Waals surface area contributed by atoms with Gasteiger partial charge in [0, 0.05) is 5.02 Å². The molecule has 1 heterocycles. The number of halogens is 1. The van der Waals surface area contributed by atoms with E-state index in [1.807, 2.05) is 19.1 Å². The van der Waals surface area contributed by atoms with Crippen LogP contribution in [-0.4, -0.2) is 40.1 Å². The lowest BCUT2D eigenvalue weighted by Crippen LogP contribution is -2.51. The van der Waals surface area contributed by atoms with Crippen molar-refractivity contribution in [1.29, 1.82) is 0 Å². The third-order valence-corrected chi connectivity index (χ3v) is 7.49. The molecule has 1 aliphatic rings. The van der Waals surface area contributed by atoms with Gasteiger partial charge in [0.25, 0.3) is 5.91 Å². The summed E-state index contributed by atoms with van der Waals surface area (Å²) in [6.07, 6.45) is -0.991. The zero-order valence-electron chi connectivity index (χ0n) is 18.6. The summed E-state index contributed by atoms with van der Waals surface area (Å²) in [7, 11) is -3.75. The van der Waals surface area contributed by atoms with Crippen molar-refractivity contribution >= 4 is 33.2 Å². The van der Waals surface area contributed by atoms with Gasteiger partial charge in [0.2, 0.25) is 10.0 Å². The number of ether oxygens (including phenoxy) is 2. The number of fused-ring (bicyclic) bond motifs is 1. The lowest BCUT2D eigenvalue weighted by Gasteiger charge is -2.34. The molecule has 0 spiro atoms. The van der Waals surface area contributed by atoms with Gasteiger partial charge < -0.3 is 14.8 Å². The summed E-state index contributed by atoms with van der Waals surface area (Å²) < 4.78 is 39.3. The Balaban J connectivity index is 1.41. The maximum Gasteiger partial charge on any atom is 0.263 e. The minimum absolute atomic E-state index is 0.119. The molecule has 9 heteroatoms. The first-order valence-corrected chi connectivity index (χ1v) is 12.8. The van der Waals surface area contributed by atoms with Gasteiger partial charge in [-0.25, -0.2) is 8.42 Å². The zero-order valence-corrected chi connectivity index (χ0v) is 20.2. The Morgan fingerprint density at radius 2 is 1.85 bits per heavy atom. The number of sulfonamides is 1. The molecule has 0 saturated heterocycles. The first kappa shape index (κ1) is 23.9. The Kier molecular flexibility index (Phi) is 7.29. The smallest absolute Gasteiger partial charge is 0.263 e. The first-order valence-electron chi connectivity index (χ1n) is 10.8. The average molecular weight is 501 g/mol. The molecule has 0 aromatic heterocycles. The van der Waals surface area contributed by atoms with E-state index >= 15 is 0 Å². The number of hydrogen-bond donors (Lipinski definition) is 1. The normalized spacial score (nSPS) is 15.2. The van der Waals surface area contributed by atoms with Gasteiger partial charge in [-0.05, 0) is 42.3 Å². The molecule has 1 atom stereocenters. The number of rotatable bonds is 8. The van der Waals surface area contributed by atoms with E-state index in [2.05, 4.69) is 5.32 Å². The average Bonchev–Trinajstić information content (AvgIpc) is 2.83. The first-order chi connectivity index (χ1) is 16.3. The number of amides is 1. The summed E-state index contributed by atoms with van der Waals surface area (Å²) in [6, 6.07) is 21.1. The zero-order chi connectivity index (χ0) is 24.1. The standard InChI is InChI=1S/C25H25ClN2O5S/c1-18-11-12-20(15-21(18)26)32-14-13-27-25(29)24-16-28(22-9-5-6-10-23(22)33-24)34(30,31)17-19-7-3-2-4-8-19/h2-12,15,24H,13-14,16-17H2,1H3,(H,27,29)/t24-/m1/s1. The molecule has 0 unspecified atom stereocenters. The van der Waals surface area contributed by atoms with E-state index in [0.717, 1.165) is 5.56 Å². The Labute approximate surface area is 204 Å². The molecule has 0 aliphatic carbocycles. The van der Waals surface area contributed by atoms with Crippen molar-refractivity contribution in [2.75, 3.05) is 24.0 Å². The molecule has 1 N–H and O–H groups in total. The van der Waals surface area contributed by atoms with Crippen LogP contribution in [-0.2, 0) is 20.6 Å². The van der Waals surface area contributed by atoms with E-state index in [1.54, 1.807) is 60.7 Å². The van der Waals surface area contributed by atoms with Gasteiger partial charge in [-0.1, -0.05) is 60.1 Å². The monoisotopic (exact) mass is 500 g/mol. The highest BCUT2D eigenvalue weighted by Gasteiger charge is 2.36. The highest BCUT2D eigenvalue weighted by atomic mass is 35.5. The Morgan fingerprint density at radius 3 is 2.62 bits per heavy atom. The molecule has 0 bridgehead atoms. The maximum absolute atomic E-state index is 13.3. The summed E-state index contributed by atoms with van der Waals surface area (Å²) >= 11 is 6.10. The highest BCUT2D eigenvalue weighted by Crippen LogP contribution is 2.35. The van der Waals surface area contributed by atoms with Crippen LogP contribution in [0.2, 0.25) is 5.02 Å². The molecule has 7 nitrogen and oxygen atoms in total. The van der Waals surface area contributed by atoms with E-state index in [4.69, 9.17) is 21.1 Å². The number of carbonyl (C=O) groups is 1. The number of aryl methyl sites for hydroxylation is 1. The fourth-order valence-electron chi connectivity index (χ4n) is 3.59. The lowest BCUT2D eigenvalue weighted by molar-refractivity contribution is -0.127. The Bertz CT molecular complexity index is 1270. The Hall–Kier alpha value is -3.23. The van der Waals surface area contributed by atoms with Crippen molar-refractivity contribution in [2.24, 2.45) is 0 Å². The third kappa shape index (κ3) is 5.63. The van der Waals surface area contributed by atoms with Crippen molar-refractivity contribution in [3.8, 4) is 11.5 Å². The topological polar surface area (TPSA) is 84.9 Å². The van der Waals surface area contributed by atoms with Crippen LogP contribution in [0.4, 0.5) is 5.69 Å². The largest absolute Gasteiger partial charge is 0.492 e. The molecule has 3 aromatic carbocycles. The fraction of sp³-hybridized carbons (Fsp3) is 0.240. The van der Waals surface area contributed by atoms with Crippen molar-refractivity contribution < 1.29 is 22.7 Å². The number of para-hydroxylation sites is 2. The van der Waals surface area contributed by atoms with Gasteiger partial charge in [0.1, 0.15) is 18.1 Å². The molecule has 3 aromatic rings. The molecule has 1 aliphatic heterocycles. The van der Waals surface area contributed by atoms with Crippen LogP contribution in [0.3, 0.4) is 0 Å². The van der Waals surface area contributed by atoms with Crippen LogP contribution in [0.25, 0.3) is 0 Å². The van der Waals surface area contributed by atoms with E-state index in [-0.39, 0.29) is 25.4 Å². The summed E-state index contributed by atoms with van der Waals surface area (Å²) in [5, 5.41) is 3.36. The molecule has 0 saturated carbocycles. The summed E-state index contributed by atoms with van der Waals surface area (Å²) in [6.45, 7) is 2.23. The van der Waals surface area contributed by atoms with Crippen LogP contribution >= 0.6 is 11.6 Å². The predicted molar refractivity (Wildman–Crippen MR) is 132 cm³/mol. The van der Waals surface area contributed by atoms with Crippen LogP contribution in [0.15, 0.2) is 72.8 Å². The highest BCUT2D eigenvalue weighted by molar-refractivity contribution is 7.92. The third-order valence-electron chi connectivity index (χ3n) is 5.37. The molecular weight excluding hydrogens is 476 g/mol. The summed E-state index contributed by atoms with van der Waals surface area (Å²) in [5.41, 5.74) is 2.03. The fourth-order valence-corrected chi connectivity index (χ4v) is 5.34. The van der Waals surface area contributed by atoms with Crippen LogP contribution in [0.5, 0.6) is 11.5 Å². The molecular formula is C25H25ClN2O5S. The van der Waals surface area contributed by atoms with Crippen molar-refractivity contribution in [2.45, 2.75) is 18.8 Å². The predicted octanol–water partition coefficient (Wildman–Crippen LogP) is 3.94. The van der Waals surface area contributed by atoms with Gasteiger partial charge >= 0.3 is 0 Å². The van der Waals surface area contributed by atoms with E-state index < -0.39 is 22.0 Å². The number of nitrogens with zero attached hydrogens (tertiary/aromatic N) is 1. The number of anilines is 1. The SMILES string of the molecule is Cc1ccc(OCCNC(=O)[C@H]2CN(S(=O)(=O)Cc3ccccc3)c3ccccc3O2)cc1Cl. The van der Waals surface area contributed by atoms with Gasteiger partial charge in [-0.15, -0.1) is 0 Å². The minimum atomic E-state index is -3.75. The van der Waals surface area contributed by atoms with Crippen molar-refractivity contribution in [3.63, 3.8) is 0 Å². The van der Waals surface area contributed by atoms with Gasteiger partial charge in [-0.2, -0.15) is 0 Å². The van der Waals surface area contributed by atoms with Crippen molar-refractivity contribution in [3.05, 3.63) is 88.9 Å². The second-order valence-corrected chi connectivity index (χ2v) is 10.2. The molecule has 0 fully saturated rings. The van der Waals surface area contributed by atoms with Crippen LogP contribution in [0.1, 0.15) is 11.1 Å². The summed E-state index contributed by atoms with van der Waals surface area (Å²) in [4.78, 5) is 12.8. The van der Waals surface area contributed by atoms with Gasteiger partial charge in [0.15, 0.2) is 6.10 Å². The van der Waals surface area contributed by atoms with Crippen molar-refractivity contribution in [1.82, 2.24) is 5.32 Å². The van der Waals surface area contributed by atoms with Gasteiger partial charge in [-0.3, -0.25) is 9.10 Å². The molecule has 1 amide bonds. The Morgan fingerprint density at radius 1 is 1.12 bits per heavy atom. The molecule has 0 radical (unpaired) electrons. The van der Waals surface area contributed by atoms with Crippen LogP contribution < -0.4 is 19.1 Å². The van der Waals surface area contributed by atoms with E-state index in [0.29, 0.717) is 27.8 Å². The quantitative estimate of drug-likeness (QED) is 0.473. The second kappa shape index (κ2) is 10.4. The van der Waals surface area contributed by atoms with E-state index in [1.165, 1.54) is 4.31 Å². The number of hydrogen-bond acceptors (Lipinski definition) is 5.